The number of amides is 1. The number of benzene rings is 2. The third-order valence-electron chi connectivity index (χ3n) is 3.21. The number of carbonyl (C=O) groups is 3. The fourth-order valence-corrected chi connectivity index (χ4v) is 2.22. The number of nitrogens with one attached hydrogen (secondary N) is 1. The van der Waals surface area contributed by atoms with Gasteiger partial charge in [0.25, 0.3) is 0 Å². The molecule has 0 bridgehead atoms. The van der Waals surface area contributed by atoms with Gasteiger partial charge < -0.3 is 14.8 Å². The van der Waals surface area contributed by atoms with E-state index < -0.39 is 29.5 Å². The minimum Gasteiger partial charge on any atom is -0.465 e. The van der Waals surface area contributed by atoms with Gasteiger partial charge in [-0.05, 0) is 35.9 Å². The second kappa shape index (κ2) is 8.19. The second-order valence-corrected chi connectivity index (χ2v) is 5.30. The average molecular weight is 363 g/mol. The van der Waals surface area contributed by atoms with Gasteiger partial charge in [0.05, 0.1) is 13.5 Å². The summed E-state index contributed by atoms with van der Waals surface area (Å²) in [5.74, 6) is -3.52. The molecule has 0 saturated carbocycles. The Morgan fingerprint density at radius 1 is 1.04 bits per heavy atom. The lowest BCUT2D eigenvalue weighted by Gasteiger charge is -2.11. The van der Waals surface area contributed by atoms with Crippen molar-refractivity contribution in [1.82, 2.24) is 0 Å². The molecule has 1 N–H and O–H groups in total. The normalized spacial score (nSPS) is 10.2. The molecule has 1 amide bonds. The van der Waals surface area contributed by atoms with Gasteiger partial charge in [-0.15, -0.1) is 0 Å². The molecule has 0 unspecified atom stereocenters. The molecule has 8 heteroatoms. The van der Waals surface area contributed by atoms with E-state index in [1.54, 1.807) is 0 Å². The van der Waals surface area contributed by atoms with Gasteiger partial charge in [0.15, 0.2) is 0 Å². The molecule has 2 aromatic rings. The zero-order valence-corrected chi connectivity index (χ0v) is 14.0. The Morgan fingerprint density at radius 3 is 2.27 bits per heavy atom. The SMILES string of the molecule is COC(=O)c1cc(NC(=O)Cc2cc(F)cc(F)c2)ccc1OC(C)=O. The van der Waals surface area contributed by atoms with E-state index in [9.17, 15) is 23.2 Å². The van der Waals surface area contributed by atoms with Crippen LogP contribution in [0.25, 0.3) is 0 Å². The number of esters is 2. The highest BCUT2D eigenvalue weighted by Gasteiger charge is 2.16. The topological polar surface area (TPSA) is 81.7 Å². The maximum Gasteiger partial charge on any atom is 0.341 e. The summed E-state index contributed by atoms with van der Waals surface area (Å²) in [5.41, 5.74) is 0.324. The van der Waals surface area contributed by atoms with Crippen molar-refractivity contribution < 1.29 is 32.6 Å². The number of carbonyl (C=O) groups excluding carboxylic acids is 3. The Kier molecular flexibility index (Phi) is 6.00. The lowest BCUT2D eigenvalue weighted by Crippen LogP contribution is -2.16. The van der Waals surface area contributed by atoms with Gasteiger partial charge in [0.1, 0.15) is 22.9 Å². The fourth-order valence-electron chi connectivity index (χ4n) is 2.22. The first-order valence-electron chi connectivity index (χ1n) is 7.44. The first-order valence-corrected chi connectivity index (χ1v) is 7.44. The summed E-state index contributed by atoms with van der Waals surface area (Å²) in [6, 6.07) is 6.81. The van der Waals surface area contributed by atoms with Crippen LogP contribution in [0.1, 0.15) is 22.8 Å². The smallest absolute Gasteiger partial charge is 0.341 e. The van der Waals surface area contributed by atoms with Crippen molar-refractivity contribution in [3.8, 4) is 5.75 Å². The van der Waals surface area contributed by atoms with E-state index >= 15 is 0 Å². The number of methoxy groups -OCH3 is 1. The van der Waals surface area contributed by atoms with Crippen LogP contribution in [0.3, 0.4) is 0 Å². The Hall–Kier alpha value is -3.29. The molecule has 0 aliphatic heterocycles. The van der Waals surface area contributed by atoms with Gasteiger partial charge >= 0.3 is 11.9 Å². The van der Waals surface area contributed by atoms with Crippen LogP contribution in [-0.4, -0.2) is 25.0 Å². The summed E-state index contributed by atoms with van der Waals surface area (Å²) in [6.45, 7) is 1.18. The predicted octanol–water partition coefficient (Wildman–Crippen LogP) is 2.86. The molecule has 0 atom stereocenters. The molecule has 0 radical (unpaired) electrons. The van der Waals surface area contributed by atoms with Crippen molar-refractivity contribution in [2.24, 2.45) is 0 Å². The van der Waals surface area contributed by atoms with E-state index in [4.69, 9.17) is 4.74 Å². The maximum absolute atomic E-state index is 13.2. The largest absolute Gasteiger partial charge is 0.465 e. The van der Waals surface area contributed by atoms with Crippen molar-refractivity contribution >= 4 is 23.5 Å². The highest BCUT2D eigenvalue weighted by atomic mass is 19.1. The van der Waals surface area contributed by atoms with E-state index in [0.29, 0.717) is 6.07 Å². The molecule has 0 aliphatic rings. The van der Waals surface area contributed by atoms with Crippen molar-refractivity contribution in [3.05, 3.63) is 59.2 Å². The van der Waals surface area contributed by atoms with Crippen LogP contribution < -0.4 is 10.1 Å². The predicted molar refractivity (Wildman–Crippen MR) is 87.8 cm³/mol. The number of halogens is 2. The van der Waals surface area contributed by atoms with Crippen LogP contribution in [0.4, 0.5) is 14.5 Å². The summed E-state index contributed by atoms with van der Waals surface area (Å²) in [6.07, 6.45) is -0.270. The fraction of sp³-hybridized carbons (Fsp3) is 0.167. The number of ether oxygens (including phenoxy) is 2. The van der Waals surface area contributed by atoms with E-state index in [2.05, 4.69) is 10.1 Å². The Balaban J connectivity index is 2.18. The molecule has 0 aromatic heterocycles. The molecule has 136 valence electrons. The van der Waals surface area contributed by atoms with Crippen LogP contribution in [-0.2, 0) is 20.7 Å². The first kappa shape index (κ1) is 19.0. The molecule has 0 fully saturated rings. The summed E-state index contributed by atoms with van der Waals surface area (Å²) in [7, 11) is 1.16. The molecule has 0 saturated heterocycles. The first-order chi connectivity index (χ1) is 12.3. The third kappa shape index (κ3) is 5.10. The van der Waals surface area contributed by atoms with E-state index in [0.717, 1.165) is 19.2 Å². The van der Waals surface area contributed by atoms with Gasteiger partial charge in [-0.25, -0.2) is 13.6 Å². The standard InChI is InChI=1S/C18H15F2NO5/c1-10(22)26-16-4-3-14(9-15(16)18(24)25-2)21-17(23)7-11-5-12(19)8-13(20)6-11/h3-6,8-9H,7H2,1-2H3,(H,21,23). The van der Waals surface area contributed by atoms with Crippen molar-refractivity contribution in [2.75, 3.05) is 12.4 Å². The molecule has 0 aliphatic carbocycles. The van der Waals surface area contributed by atoms with Crippen molar-refractivity contribution in [2.45, 2.75) is 13.3 Å². The van der Waals surface area contributed by atoms with Crippen LogP contribution >= 0.6 is 0 Å². The van der Waals surface area contributed by atoms with Gasteiger partial charge in [0, 0.05) is 18.7 Å². The van der Waals surface area contributed by atoms with E-state index in [1.165, 1.54) is 25.1 Å². The number of anilines is 1. The summed E-state index contributed by atoms with van der Waals surface area (Å²) < 4.78 is 35.9. The minimum atomic E-state index is -0.786. The molecule has 6 nitrogen and oxygen atoms in total. The zero-order chi connectivity index (χ0) is 19.3. The molecular weight excluding hydrogens is 348 g/mol. The van der Waals surface area contributed by atoms with Crippen molar-refractivity contribution in [1.29, 1.82) is 0 Å². The van der Waals surface area contributed by atoms with Crippen LogP contribution in [0.5, 0.6) is 5.75 Å². The van der Waals surface area contributed by atoms with E-state index in [-0.39, 0.29) is 29.0 Å². The molecular formula is C18H15F2NO5. The maximum atomic E-state index is 13.2. The van der Waals surface area contributed by atoms with Gasteiger partial charge in [-0.1, -0.05) is 0 Å². The Labute approximate surface area is 147 Å². The monoisotopic (exact) mass is 363 g/mol. The Bertz CT molecular complexity index is 846. The van der Waals surface area contributed by atoms with Gasteiger partial charge in [-0.3, -0.25) is 9.59 Å². The molecule has 26 heavy (non-hydrogen) atoms. The highest BCUT2D eigenvalue weighted by Crippen LogP contribution is 2.24. The lowest BCUT2D eigenvalue weighted by atomic mass is 10.1. The molecule has 0 heterocycles. The minimum absolute atomic E-state index is 0.0189. The van der Waals surface area contributed by atoms with Gasteiger partial charge in [0.2, 0.25) is 5.91 Å². The number of rotatable bonds is 5. The average Bonchev–Trinajstić information content (AvgIpc) is 2.54. The molecule has 2 rings (SSSR count). The highest BCUT2D eigenvalue weighted by molar-refractivity contribution is 5.97. The van der Waals surface area contributed by atoms with Crippen molar-refractivity contribution in [3.63, 3.8) is 0 Å². The zero-order valence-electron chi connectivity index (χ0n) is 14.0. The van der Waals surface area contributed by atoms with E-state index in [1.807, 2.05) is 0 Å². The number of hydrogen-bond donors (Lipinski definition) is 1. The summed E-state index contributed by atoms with van der Waals surface area (Å²) in [4.78, 5) is 35.0. The van der Waals surface area contributed by atoms with Gasteiger partial charge in [-0.2, -0.15) is 0 Å². The Morgan fingerprint density at radius 2 is 1.69 bits per heavy atom. The second-order valence-electron chi connectivity index (χ2n) is 5.30. The summed E-state index contributed by atoms with van der Waals surface area (Å²) >= 11 is 0. The quantitative estimate of drug-likeness (QED) is 0.653. The third-order valence-corrected chi connectivity index (χ3v) is 3.21. The summed E-state index contributed by atoms with van der Waals surface area (Å²) in [5, 5.41) is 2.50. The lowest BCUT2D eigenvalue weighted by molar-refractivity contribution is -0.131. The molecule has 0 spiro atoms. The van der Waals surface area contributed by atoms with Crippen LogP contribution in [0, 0.1) is 11.6 Å². The number of hydrogen-bond acceptors (Lipinski definition) is 5. The van der Waals surface area contributed by atoms with Crippen LogP contribution in [0.15, 0.2) is 36.4 Å². The van der Waals surface area contributed by atoms with Crippen LogP contribution in [0.2, 0.25) is 0 Å². The molecule has 2 aromatic carbocycles.